The standard InChI is InChI=1S/C18H18N2O/c1-12(2)13-5-7-14(8-6-13)21-17-10-9-16(19)18-15(17)4-3-11-20-18/h3-12H,19H2,1-2H3. The maximum atomic E-state index is 5.99. The number of nitrogen functional groups attached to an aromatic ring is 1. The summed E-state index contributed by atoms with van der Waals surface area (Å²) in [5, 5.41) is 0.922. The SMILES string of the molecule is CC(C)c1ccc(Oc2ccc(N)c3ncccc23)cc1. The summed E-state index contributed by atoms with van der Waals surface area (Å²) in [4.78, 5) is 4.32. The molecule has 3 nitrogen and oxygen atoms in total. The Morgan fingerprint density at radius 2 is 1.76 bits per heavy atom. The highest BCUT2D eigenvalue weighted by molar-refractivity contribution is 5.93. The van der Waals surface area contributed by atoms with Gasteiger partial charge in [0.05, 0.1) is 11.2 Å². The lowest BCUT2D eigenvalue weighted by Crippen LogP contribution is -1.93. The van der Waals surface area contributed by atoms with Crippen LogP contribution in [0.15, 0.2) is 54.7 Å². The third-order valence-electron chi connectivity index (χ3n) is 3.54. The van der Waals surface area contributed by atoms with Crippen molar-refractivity contribution in [3.63, 3.8) is 0 Å². The van der Waals surface area contributed by atoms with E-state index < -0.39 is 0 Å². The quantitative estimate of drug-likeness (QED) is 0.704. The molecule has 0 spiro atoms. The summed E-state index contributed by atoms with van der Waals surface area (Å²) >= 11 is 0. The molecule has 0 atom stereocenters. The highest BCUT2D eigenvalue weighted by Crippen LogP contribution is 2.32. The lowest BCUT2D eigenvalue weighted by Gasteiger charge is -2.11. The van der Waals surface area contributed by atoms with Gasteiger partial charge < -0.3 is 10.5 Å². The molecule has 0 bridgehead atoms. The maximum Gasteiger partial charge on any atom is 0.136 e. The molecule has 0 fully saturated rings. The van der Waals surface area contributed by atoms with Crippen LogP contribution in [0.4, 0.5) is 5.69 Å². The predicted molar refractivity (Wildman–Crippen MR) is 86.8 cm³/mol. The summed E-state index contributed by atoms with van der Waals surface area (Å²) in [5.74, 6) is 2.10. The first-order chi connectivity index (χ1) is 10.1. The van der Waals surface area contributed by atoms with Gasteiger partial charge in [-0.25, -0.2) is 0 Å². The van der Waals surface area contributed by atoms with Gasteiger partial charge in [-0.3, -0.25) is 4.98 Å². The molecule has 0 aliphatic carbocycles. The lowest BCUT2D eigenvalue weighted by molar-refractivity contribution is 0.488. The number of aromatic nitrogens is 1. The molecule has 0 aliphatic heterocycles. The molecule has 2 N–H and O–H groups in total. The Morgan fingerprint density at radius 1 is 1.00 bits per heavy atom. The Kier molecular flexibility index (Phi) is 3.48. The molecule has 1 aromatic heterocycles. The van der Waals surface area contributed by atoms with Gasteiger partial charge in [0.1, 0.15) is 11.5 Å². The molecule has 0 saturated heterocycles. The fraction of sp³-hybridized carbons (Fsp3) is 0.167. The number of ether oxygens (including phenoxy) is 1. The van der Waals surface area contributed by atoms with Crippen molar-refractivity contribution in [2.24, 2.45) is 0 Å². The number of fused-ring (bicyclic) bond motifs is 1. The highest BCUT2D eigenvalue weighted by atomic mass is 16.5. The third kappa shape index (κ3) is 2.68. The van der Waals surface area contributed by atoms with E-state index in [-0.39, 0.29) is 0 Å². The van der Waals surface area contributed by atoms with E-state index in [0.717, 1.165) is 22.4 Å². The second-order valence-corrected chi connectivity index (χ2v) is 5.38. The van der Waals surface area contributed by atoms with E-state index >= 15 is 0 Å². The van der Waals surface area contributed by atoms with E-state index in [0.29, 0.717) is 11.6 Å². The van der Waals surface area contributed by atoms with Gasteiger partial charge in [0.2, 0.25) is 0 Å². The van der Waals surface area contributed by atoms with Crippen molar-refractivity contribution < 1.29 is 4.74 Å². The van der Waals surface area contributed by atoms with Crippen LogP contribution in [0.1, 0.15) is 25.3 Å². The van der Waals surface area contributed by atoms with E-state index in [1.807, 2.05) is 36.4 Å². The van der Waals surface area contributed by atoms with Crippen LogP contribution < -0.4 is 10.5 Å². The molecular weight excluding hydrogens is 260 g/mol. The summed E-state index contributed by atoms with van der Waals surface area (Å²) in [7, 11) is 0. The first-order valence-electron chi connectivity index (χ1n) is 7.06. The van der Waals surface area contributed by atoms with Crippen molar-refractivity contribution in [1.82, 2.24) is 4.98 Å². The third-order valence-corrected chi connectivity index (χ3v) is 3.54. The summed E-state index contributed by atoms with van der Waals surface area (Å²) in [6.45, 7) is 4.35. The molecular formula is C18H18N2O. The fourth-order valence-electron chi connectivity index (χ4n) is 2.31. The first-order valence-corrected chi connectivity index (χ1v) is 7.06. The van der Waals surface area contributed by atoms with Crippen molar-refractivity contribution in [2.75, 3.05) is 5.73 Å². The van der Waals surface area contributed by atoms with Crippen LogP contribution in [0.5, 0.6) is 11.5 Å². The zero-order valence-corrected chi connectivity index (χ0v) is 12.2. The van der Waals surface area contributed by atoms with Gasteiger partial charge in [-0.2, -0.15) is 0 Å². The molecule has 0 saturated carbocycles. The number of anilines is 1. The van der Waals surface area contributed by atoms with Gasteiger partial charge >= 0.3 is 0 Å². The molecule has 21 heavy (non-hydrogen) atoms. The van der Waals surface area contributed by atoms with Gasteiger partial charge in [0.25, 0.3) is 0 Å². The van der Waals surface area contributed by atoms with Crippen LogP contribution in [0.2, 0.25) is 0 Å². The number of pyridine rings is 1. The van der Waals surface area contributed by atoms with Crippen molar-refractivity contribution in [3.05, 3.63) is 60.3 Å². The van der Waals surface area contributed by atoms with Crippen molar-refractivity contribution in [2.45, 2.75) is 19.8 Å². The number of benzene rings is 2. The first kappa shape index (κ1) is 13.4. The number of hydrogen-bond donors (Lipinski definition) is 1. The molecule has 2 aromatic carbocycles. The average Bonchev–Trinajstić information content (AvgIpc) is 2.51. The zero-order chi connectivity index (χ0) is 14.8. The van der Waals surface area contributed by atoms with E-state index in [9.17, 15) is 0 Å². The number of hydrogen-bond acceptors (Lipinski definition) is 3. The second kappa shape index (κ2) is 5.44. The molecule has 3 heteroatoms. The lowest BCUT2D eigenvalue weighted by atomic mass is 10.0. The molecule has 0 aliphatic rings. The molecule has 0 amide bonds. The normalized spacial score (nSPS) is 11.0. The minimum absolute atomic E-state index is 0.514. The monoisotopic (exact) mass is 278 g/mol. The number of rotatable bonds is 3. The smallest absolute Gasteiger partial charge is 0.136 e. The Balaban J connectivity index is 1.96. The van der Waals surface area contributed by atoms with Crippen molar-refractivity contribution in [1.29, 1.82) is 0 Å². The molecule has 0 radical (unpaired) electrons. The topological polar surface area (TPSA) is 48.1 Å². The molecule has 0 unspecified atom stereocenters. The summed E-state index contributed by atoms with van der Waals surface area (Å²) in [5.41, 5.74) is 8.68. The molecule has 3 rings (SSSR count). The van der Waals surface area contributed by atoms with Crippen LogP contribution in [-0.4, -0.2) is 4.98 Å². The Hall–Kier alpha value is -2.55. The van der Waals surface area contributed by atoms with Crippen LogP contribution in [0.3, 0.4) is 0 Å². The highest BCUT2D eigenvalue weighted by Gasteiger charge is 2.07. The van der Waals surface area contributed by atoms with Crippen molar-refractivity contribution in [3.8, 4) is 11.5 Å². The molecule has 3 aromatic rings. The number of nitrogens with zero attached hydrogens (tertiary/aromatic N) is 1. The molecule has 106 valence electrons. The van der Waals surface area contributed by atoms with E-state index in [2.05, 4.69) is 31.0 Å². The summed E-state index contributed by atoms with van der Waals surface area (Å²) < 4.78 is 5.99. The van der Waals surface area contributed by atoms with Gasteiger partial charge in [-0.1, -0.05) is 26.0 Å². The van der Waals surface area contributed by atoms with Crippen LogP contribution in [0, 0.1) is 0 Å². The summed E-state index contributed by atoms with van der Waals surface area (Å²) in [6.07, 6.45) is 1.74. The largest absolute Gasteiger partial charge is 0.457 e. The van der Waals surface area contributed by atoms with Gasteiger partial charge in [0.15, 0.2) is 0 Å². The van der Waals surface area contributed by atoms with E-state index in [1.54, 1.807) is 6.20 Å². The van der Waals surface area contributed by atoms with Crippen LogP contribution in [-0.2, 0) is 0 Å². The minimum Gasteiger partial charge on any atom is -0.457 e. The van der Waals surface area contributed by atoms with Gasteiger partial charge in [-0.15, -0.1) is 0 Å². The zero-order valence-electron chi connectivity index (χ0n) is 12.2. The van der Waals surface area contributed by atoms with Crippen molar-refractivity contribution >= 4 is 16.6 Å². The Labute approximate surface area is 124 Å². The van der Waals surface area contributed by atoms with Gasteiger partial charge in [0, 0.05) is 11.6 Å². The van der Waals surface area contributed by atoms with Crippen LogP contribution >= 0.6 is 0 Å². The predicted octanol–water partition coefficient (Wildman–Crippen LogP) is 4.73. The average molecular weight is 278 g/mol. The van der Waals surface area contributed by atoms with E-state index in [4.69, 9.17) is 10.5 Å². The Bertz CT molecular complexity index is 764. The maximum absolute atomic E-state index is 5.99. The Morgan fingerprint density at radius 3 is 2.48 bits per heavy atom. The molecule has 1 heterocycles. The minimum atomic E-state index is 0.514. The van der Waals surface area contributed by atoms with E-state index in [1.165, 1.54) is 5.56 Å². The second-order valence-electron chi connectivity index (χ2n) is 5.38. The summed E-state index contributed by atoms with van der Waals surface area (Å²) in [6, 6.07) is 15.7. The fourth-order valence-corrected chi connectivity index (χ4v) is 2.31. The number of nitrogens with two attached hydrogens (primary N) is 1. The van der Waals surface area contributed by atoms with Crippen LogP contribution in [0.25, 0.3) is 10.9 Å². The van der Waals surface area contributed by atoms with Gasteiger partial charge in [-0.05, 0) is 47.9 Å².